The summed E-state index contributed by atoms with van der Waals surface area (Å²) in [6.45, 7) is 1.43. The lowest BCUT2D eigenvalue weighted by Gasteiger charge is -2.27. The second kappa shape index (κ2) is 7.72. The zero-order chi connectivity index (χ0) is 16.9. The van der Waals surface area contributed by atoms with Gasteiger partial charge in [0, 0.05) is 30.4 Å². The van der Waals surface area contributed by atoms with Crippen molar-refractivity contribution in [3.63, 3.8) is 0 Å². The van der Waals surface area contributed by atoms with Crippen molar-refractivity contribution in [2.24, 2.45) is 0 Å². The van der Waals surface area contributed by atoms with Crippen LogP contribution in [0.5, 0.6) is 0 Å². The molecule has 0 saturated carbocycles. The Morgan fingerprint density at radius 2 is 2.21 bits per heavy atom. The first-order chi connectivity index (χ1) is 11.7. The number of aromatic nitrogens is 2. The van der Waals surface area contributed by atoms with Gasteiger partial charge < -0.3 is 15.1 Å². The number of hydrogen-bond acceptors (Lipinski definition) is 6. The number of nitrogens with one attached hydrogen (secondary N) is 1. The molecule has 1 fully saturated rings. The van der Waals surface area contributed by atoms with Gasteiger partial charge in [-0.15, -0.1) is 11.3 Å². The number of likely N-dealkylation sites (N-methyl/N-ethyl adjacent to an activating group) is 1. The minimum atomic E-state index is -0.182. The molecule has 0 radical (unpaired) electrons. The number of hydrogen-bond donors (Lipinski definition) is 1. The maximum absolute atomic E-state index is 12.7. The Kier molecular flexibility index (Phi) is 5.42. The predicted molar refractivity (Wildman–Crippen MR) is 96.2 cm³/mol. The van der Waals surface area contributed by atoms with Crippen LogP contribution >= 0.6 is 11.3 Å². The van der Waals surface area contributed by atoms with E-state index in [1.165, 1.54) is 4.88 Å². The molecular weight excluding hydrogens is 322 g/mol. The minimum Gasteiger partial charge on any atom is -0.352 e. The van der Waals surface area contributed by atoms with E-state index in [1.807, 2.05) is 25.1 Å². The number of carbonyl (C=O) groups is 1. The van der Waals surface area contributed by atoms with Crippen LogP contribution in [0.4, 0.5) is 5.95 Å². The van der Waals surface area contributed by atoms with E-state index in [4.69, 9.17) is 0 Å². The fourth-order valence-corrected chi connectivity index (χ4v) is 3.97. The highest BCUT2D eigenvalue weighted by Crippen LogP contribution is 2.24. The summed E-state index contributed by atoms with van der Waals surface area (Å²) in [6.07, 6.45) is 5.26. The zero-order valence-corrected chi connectivity index (χ0v) is 14.9. The molecule has 2 aromatic heterocycles. The summed E-state index contributed by atoms with van der Waals surface area (Å²) >= 11 is 1.72. The topological polar surface area (TPSA) is 61.4 Å². The van der Waals surface area contributed by atoms with E-state index < -0.39 is 0 Å². The Balaban J connectivity index is 1.64. The van der Waals surface area contributed by atoms with Crippen LogP contribution in [0.3, 0.4) is 0 Å². The van der Waals surface area contributed by atoms with Crippen molar-refractivity contribution >= 4 is 23.2 Å². The molecule has 7 heteroatoms. The molecule has 2 atom stereocenters. The summed E-state index contributed by atoms with van der Waals surface area (Å²) in [5, 5.41) is 5.19. The van der Waals surface area contributed by atoms with Crippen molar-refractivity contribution in [2.45, 2.75) is 24.9 Å². The summed E-state index contributed by atoms with van der Waals surface area (Å²) in [4.78, 5) is 26.7. The van der Waals surface area contributed by atoms with Crippen LogP contribution in [-0.4, -0.2) is 54.0 Å². The smallest absolute Gasteiger partial charge is 0.242 e. The van der Waals surface area contributed by atoms with E-state index in [0.29, 0.717) is 12.5 Å². The average Bonchev–Trinajstić information content (AvgIpc) is 3.27. The second-order valence-electron chi connectivity index (χ2n) is 6.14. The minimum absolute atomic E-state index is 0.0587. The van der Waals surface area contributed by atoms with Crippen molar-refractivity contribution in [3.05, 3.63) is 40.8 Å². The Morgan fingerprint density at radius 1 is 1.42 bits per heavy atom. The first kappa shape index (κ1) is 16.9. The van der Waals surface area contributed by atoms with Gasteiger partial charge >= 0.3 is 0 Å². The highest BCUT2D eigenvalue weighted by molar-refractivity contribution is 7.10. The predicted octanol–water partition coefficient (Wildman–Crippen LogP) is 1.93. The third kappa shape index (κ3) is 3.73. The van der Waals surface area contributed by atoms with E-state index >= 15 is 0 Å². The number of amides is 1. The van der Waals surface area contributed by atoms with Gasteiger partial charge in [-0.1, -0.05) is 6.07 Å². The van der Waals surface area contributed by atoms with Crippen molar-refractivity contribution in [2.75, 3.05) is 32.1 Å². The first-order valence-electron chi connectivity index (χ1n) is 8.18. The number of nitrogens with zero attached hydrogens (tertiary/aromatic N) is 4. The molecule has 1 amide bonds. The normalized spacial score (nSPS) is 18.8. The summed E-state index contributed by atoms with van der Waals surface area (Å²) in [5.74, 6) is 0.695. The van der Waals surface area contributed by atoms with Gasteiger partial charge in [-0.3, -0.25) is 4.79 Å². The summed E-state index contributed by atoms with van der Waals surface area (Å²) in [7, 11) is 4.08. The van der Waals surface area contributed by atoms with E-state index in [0.717, 1.165) is 19.4 Å². The third-order valence-electron chi connectivity index (χ3n) is 4.33. The van der Waals surface area contributed by atoms with Crippen molar-refractivity contribution in [1.82, 2.24) is 20.2 Å². The number of anilines is 1. The molecule has 1 N–H and O–H groups in total. The van der Waals surface area contributed by atoms with Crippen LogP contribution in [0, 0.1) is 0 Å². The molecule has 0 unspecified atom stereocenters. The zero-order valence-electron chi connectivity index (χ0n) is 14.1. The maximum atomic E-state index is 12.7. The standard InChI is InChI=1S/C17H23N5OS/c1-21(2)14(15-7-4-11-24-15)12-20-16(23)13-6-3-10-22(13)17-18-8-5-9-19-17/h4-5,7-9,11,13-14H,3,6,10,12H2,1-2H3,(H,20,23)/t13-,14-/m1/s1. The van der Waals surface area contributed by atoms with Crippen LogP contribution in [-0.2, 0) is 4.79 Å². The van der Waals surface area contributed by atoms with Gasteiger partial charge in [-0.25, -0.2) is 9.97 Å². The fourth-order valence-electron chi connectivity index (χ4n) is 3.05. The second-order valence-corrected chi connectivity index (χ2v) is 7.12. The van der Waals surface area contributed by atoms with Crippen molar-refractivity contribution in [1.29, 1.82) is 0 Å². The molecule has 3 rings (SSSR count). The highest BCUT2D eigenvalue weighted by Gasteiger charge is 2.32. The quantitative estimate of drug-likeness (QED) is 0.867. The molecule has 1 aliphatic rings. The average molecular weight is 345 g/mol. The van der Waals surface area contributed by atoms with Crippen LogP contribution in [0.1, 0.15) is 23.8 Å². The molecule has 128 valence electrons. The SMILES string of the molecule is CN(C)[C@H](CNC(=O)[C@H]1CCCN1c1ncccn1)c1cccs1. The summed E-state index contributed by atoms with van der Waals surface area (Å²) in [6, 6.07) is 5.96. The molecule has 0 aliphatic carbocycles. The van der Waals surface area contributed by atoms with Gasteiger partial charge in [0.1, 0.15) is 6.04 Å². The number of carbonyl (C=O) groups excluding carboxylic acids is 1. The van der Waals surface area contributed by atoms with Crippen LogP contribution in [0.15, 0.2) is 36.0 Å². The Hall–Kier alpha value is -1.99. The van der Waals surface area contributed by atoms with Crippen LogP contribution in [0.2, 0.25) is 0 Å². The lowest BCUT2D eigenvalue weighted by Crippen LogP contribution is -2.46. The lowest BCUT2D eigenvalue weighted by molar-refractivity contribution is -0.122. The molecule has 6 nitrogen and oxygen atoms in total. The first-order valence-corrected chi connectivity index (χ1v) is 9.06. The van der Waals surface area contributed by atoms with E-state index in [9.17, 15) is 4.79 Å². The molecule has 0 bridgehead atoms. The van der Waals surface area contributed by atoms with Crippen LogP contribution < -0.4 is 10.2 Å². The Labute approximate surface area is 146 Å². The third-order valence-corrected chi connectivity index (χ3v) is 5.30. The fraction of sp³-hybridized carbons (Fsp3) is 0.471. The van der Waals surface area contributed by atoms with E-state index in [2.05, 4.69) is 31.6 Å². The molecule has 1 saturated heterocycles. The van der Waals surface area contributed by atoms with Gasteiger partial charge in [-0.2, -0.15) is 0 Å². The molecule has 0 spiro atoms. The number of rotatable bonds is 6. The largest absolute Gasteiger partial charge is 0.352 e. The van der Waals surface area contributed by atoms with E-state index in [1.54, 1.807) is 29.8 Å². The molecule has 1 aliphatic heterocycles. The molecule has 2 aromatic rings. The molecule has 0 aromatic carbocycles. The van der Waals surface area contributed by atoms with Crippen LogP contribution in [0.25, 0.3) is 0 Å². The maximum Gasteiger partial charge on any atom is 0.242 e. The lowest BCUT2D eigenvalue weighted by atomic mass is 10.2. The summed E-state index contributed by atoms with van der Waals surface area (Å²) in [5.41, 5.74) is 0. The molecule has 24 heavy (non-hydrogen) atoms. The van der Waals surface area contributed by atoms with Gasteiger partial charge in [0.25, 0.3) is 0 Å². The Morgan fingerprint density at radius 3 is 2.88 bits per heavy atom. The van der Waals surface area contributed by atoms with Gasteiger partial charge in [-0.05, 0) is 44.4 Å². The van der Waals surface area contributed by atoms with Gasteiger partial charge in [0.2, 0.25) is 11.9 Å². The molecular formula is C17H23N5OS. The van der Waals surface area contributed by atoms with Gasteiger partial charge in [0.05, 0.1) is 6.04 Å². The monoisotopic (exact) mass is 345 g/mol. The van der Waals surface area contributed by atoms with Gasteiger partial charge in [0.15, 0.2) is 0 Å². The van der Waals surface area contributed by atoms with Crippen molar-refractivity contribution in [3.8, 4) is 0 Å². The molecule has 3 heterocycles. The van der Waals surface area contributed by atoms with E-state index in [-0.39, 0.29) is 18.0 Å². The summed E-state index contributed by atoms with van der Waals surface area (Å²) < 4.78 is 0. The highest BCUT2D eigenvalue weighted by atomic mass is 32.1. The number of thiophene rings is 1. The van der Waals surface area contributed by atoms with Crippen molar-refractivity contribution < 1.29 is 4.79 Å². The Bertz CT molecular complexity index is 646.